The molecule has 4 aromatic rings. The molecule has 0 saturated heterocycles. The molecule has 0 bridgehead atoms. The van der Waals surface area contributed by atoms with E-state index in [9.17, 15) is 18.8 Å². The van der Waals surface area contributed by atoms with E-state index >= 15 is 0 Å². The van der Waals surface area contributed by atoms with Crippen molar-refractivity contribution in [2.75, 3.05) is 17.7 Å². The van der Waals surface area contributed by atoms with Crippen molar-refractivity contribution in [3.8, 4) is 5.69 Å². The van der Waals surface area contributed by atoms with Crippen LogP contribution in [0.1, 0.15) is 63.4 Å². The van der Waals surface area contributed by atoms with E-state index in [0.717, 1.165) is 54.3 Å². The molecule has 0 saturated carbocycles. The molecule has 41 heavy (non-hydrogen) atoms. The second-order valence-electron chi connectivity index (χ2n) is 9.20. The Morgan fingerprint density at radius 1 is 1.12 bits per heavy atom. The summed E-state index contributed by atoms with van der Waals surface area (Å²) in [4.78, 5) is 39.4. The first-order chi connectivity index (χ1) is 19.9. The molecule has 0 spiro atoms. The largest absolute Gasteiger partial charge is 0.462 e. The predicted octanol–water partition coefficient (Wildman–Crippen LogP) is 5.17. The molecule has 0 aliphatic heterocycles. The van der Waals surface area contributed by atoms with Gasteiger partial charge in [0.2, 0.25) is 5.91 Å². The number of anilines is 1. The molecular weight excluding hydrogens is 569 g/mol. The predicted molar refractivity (Wildman–Crippen MR) is 152 cm³/mol. The van der Waals surface area contributed by atoms with Crippen molar-refractivity contribution in [1.29, 1.82) is 0 Å². The van der Waals surface area contributed by atoms with Crippen LogP contribution >= 0.6 is 23.1 Å². The highest BCUT2D eigenvalue weighted by Gasteiger charge is 2.27. The molecule has 0 fully saturated rings. The van der Waals surface area contributed by atoms with Gasteiger partial charge in [-0.25, -0.2) is 9.18 Å². The zero-order valence-corrected chi connectivity index (χ0v) is 23.9. The van der Waals surface area contributed by atoms with E-state index in [4.69, 9.17) is 9.15 Å². The Morgan fingerprint density at radius 3 is 2.68 bits per heavy atom. The molecule has 0 unspecified atom stereocenters. The van der Waals surface area contributed by atoms with Gasteiger partial charge in [-0.1, -0.05) is 18.2 Å². The summed E-state index contributed by atoms with van der Waals surface area (Å²) in [6.45, 7) is 2.02. The van der Waals surface area contributed by atoms with Gasteiger partial charge in [-0.15, -0.1) is 21.5 Å². The number of benzene rings is 1. The molecule has 1 aromatic carbocycles. The van der Waals surface area contributed by atoms with Crippen molar-refractivity contribution >= 4 is 45.9 Å². The number of carbonyl (C=O) groups excluding carboxylic acids is 3. The molecule has 0 atom stereocenters. The van der Waals surface area contributed by atoms with Crippen LogP contribution in [0.15, 0.2) is 52.2 Å². The Balaban J connectivity index is 1.33. The number of ether oxygens (including phenoxy) is 1. The van der Waals surface area contributed by atoms with Gasteiger partial charge in [0.05, 0.1) is 30.7 Å². The average Bonchev–Trinajstić information content (AvgIpc) is 3.68. The first-order valence-corrected chi connectivity index (χ1v) is 15.0. The molecule has 0 radical (unpaired) electrons. The maximum absolute atomic E-state index is 13.6. The summed E-state index contributed by atoms with van der Waals surface area (Å²) >= 11 is 2.56. The van der Waals surface area contributed by atoms with E-state index in [0.29, 0.717) is 27.2 Å². The Kier molecular flexibility index (Phi) is 9.14. The van der Waals surface area contributed by atoms with Gasteiger partial charge in [0.25, 0.3) is 5.91 Å². The molecular formula is C28H28FN5O5S2. The van der Waals surface area contributed by atoms with Crippen LogP contribution in [-0.2, 0) is 28.9 Å². The fourth-order valence-corrected chi connectivity index (χ4v) is 6.62. The lowest BCUT2D eigenvalue weighted by Crippen LogP contribution is -2.24. The van der Waals surface area contributed by atoms with Crippen molar-refractivity contribution in [1.82, 2.24) is 20.1 Å². The summed E-state index contributed by atoms with van der Waals surface area (Å²) in [5, 5.41) is 14.9. The number of aromatic nitrogens is 3. The van der Waals surface area contributed by atoms with Crippen molar-refractivity contribution in [3.63, 3.8) is 0 Å². The third-order valence-electron chi connectivity index (χ3n) is 6.42. The van der Waals surface area contributed by atoms with Crippen LogP contribution in [0.5, 0.6) is 0 Å². The number of hydrogen-bond donors (Lipinski definition) is 2. The lowest BCUT2D eigenvalue weighted by atomic mass is 10.1. The van der Waals surface area contributed by atoms with Crippen LogP contribution in [0.3, 0.4) is 0 Å². The number of thioether (sulfide) groups is 1. The van der Waals surface area contributed by atoms with Crippen LogP contribution in [-0.4, -0.2) is 44.9 Å². The number of amides is 2. The van der Waals surface area contributed by atoms with Crippen LogP contribution in [0.25, 0.3) is 5.69 Å². The number of aryl methyl sites for hydroxylation is 1. The molecule has 10 nitrogen and oxygen atoms in total. The minimum absolute atomic E-state index is 0.0142. The minimum atomic E-state index is -0.427. The normalized spacial score (nSPS) is 12.8. The van der Waals surface area contributed by atoms with E-state index in [1.165, 1.54) is 29.7 Å². The molecule has 1 aliphatic carbocycles. The number of halogens is 1. The van der Waals surface area contributed by atoms with E-state index < -0.39 is 17.7 Å². The van der Waals surface area contributed by atoms with Gasteiger partial charge in [0, 0.05) is 10.6 Å². The Labute approximate surface area is 243 Å². The van der Waals surface area contributed by atoms with Gasteiger partial charge < -0.3 is 19.8 Å². The molecule has 3 heterocycles. The van der Waals surface area contributed by atoms with E-state index in [1.807, 2.05) is 0 Å². The highest BCUT2D eigenvalue weighted by atomic mass is 32.2. The Morgan fingerprint density at radius 2 is 1.93 bits per heavy atom. The quantitative estimate of drug-likeness (QED) is 0.146. The zero-order valence-electron chi connectivity index (χ0n) is 22.3. The number of thiophene rings is 1. The summed E-state index contributed by atoms with van der Waals surface area (Å²) in [7, 11) is 0. The molecule has 2 amide bonds. The van der Waals surface area contributed by atoms with Crippen LogP contribution in [0.2, 0.25) is 0 Å². The van der Waals surface area contributed by atoms with Gasteiger partial charge in [-0.2, -0.15) is 0 Å². The fourth-order valence-electron chi connectivity index (χ4n) is 4.55. The number of nitrogens with one attached hydrogen (secondary N) is 2. The monoisotopic (exact) mass is 597 g/mol. The second-order valence-corrected chi connectivity index (χ2v) is 11.2. The fraction of sp³-hybridized carbons (Fsp3) is 0.321. The third kappa shape index (κ3) is 6.68. The molecule has 13 heteroatoms. The Hall–Kier alpha value is -3.97. The number of furan rings is 1. The molecule has 3 aromatic heterocycles. The second kappa shape index (κ2) is 13.1. The summed E-state index contributed by atoms with van der Waals surface area (Å²) in [6, 6.07) is 8.88. The SMILES string of the molecule is CCOC(=O)c1c(NC(=O)CSc2nnc(CNC(=O)c3ccco3)n2-c2ccc(F)cc2)sc2c1CCCCC2. The van der Waals surface area contributed by atoms with Gasteiger partial charge >= 0.3 is 5.97 Å². The van der Waals surface area contributed by atoms with Crippen molar-refractivity contribution in [2.24, 2.45) is 0 Å². The van der Waals surface area contributed by atoms with E-state index in [-0.39, 0.29) is 30.6 Å². The maximum Gasteiger partial charge on any atom is 0.341 e. The van der Waals surface area contributed by atoms with Crippen molar-refractivity contribution < 1.29 is 27.9 Å². The third-order valence-corrected chi connectivity index (χ3v) is 8.56. The highest BCUT2D eigenvalue weighted by molar-refractivity contribution is 7.99. The highest BCUT2D eigenvalue weighted by Crippen LogP contribution is 2.38. The van der Waals surface area contributed by atoms with Gasteiger partial charge in [-0.05, 0) is 74.6 Å². The van der Waals surface area contributed by atoms with Crippen LogP contribution < -0.4 is 10.6 Å². The molecule has 1 aliphatic rings. The average molecular weight is 598 g/mol. The van der Waals surface area contributed by atoms with Crippen LogP contribution in [0, 0.1) is 5.82 Å². The van der Waals surface area contributed by atoms with Crippen molar-refractivity contribution in [2.45, 2.75) is 50.7 Å². The number of esters is 1. The number of hydrogen-bond acceptors (Lipinski definition) is 9. The molecule has 2 N–H and O–H groups in total. The smallest absolute Gasteiger partial charge is 0.341 e. The molecule has 5 rings (SSSR count). The van der Waals surface area contributed by atoms with Gasteiger partial charge in [0.15, 0.2) is 16.7 Å². The minimum Gasteiger partial charge on any atom is -0.462 e. The summed E-state index contributed by atoms with van der Waals surface area (Å²) < 4.78 is 25.7. The van der Waals surface area contributed by atoms with E-state index in [2.05, 4.69) is 20.8 Å². The first kappa shape index (κ1) is 28.6. The molecule has 214 valence electrons. The maximum atomic E-state index is 13.6. The lowest BCUT2D eigenvalue weighted by Gasteiger charge is -2.11. The summed E-state index contributed by atoms with van der Waals surface area (Å²) in [6.07, 6.45) is 6.19. The van der Waals surface area contributed by atoms with E-state index in [1.54, 1.807) is 35.8 Å². The van der Waals surface area contributed by atoms with Crippen LogP contribution in [0.4, 0.5) is 9.39 Å². The summed E-state index contributed by atoms with van der Waals surface area (Å²) in [5.74, 6) is -1.07. The Bertz CT molecular complexity index is 1530. The van der Waals surface area contributed by atoms with Crippen molar-refractivity contribution in [3.05, 3.63) is 76.1 Å². The standard InChI is InChI=1S/C28H28FN5O5S2/c1-2-38-27(37)24-19-7-4-3-5-9-21(19)41-26(24)31-23(35)16-40-28-33-32-22(15-30-25(36)20-8-6-14-39-20)34(28)18-12-10-17(29)11-13-18/h6,8,10-14H,2-5,7,9,15-16H2,1H3,(H,30,36)(H,31,35). The number of fused-ring (bicyclic) bond motifs is 1. The zero-order chi connectivity index (χ0) is 28.8. The van der Waals surface area contributed by atoms with Gasteiger partial charge in [0.1, 0.15) is 10.8 Å². The topological polar surface area (TPSA) is 128 Å². The lowest BCUT2D eigenvalue weighted by molar-refractivity contribution is -0.113. The number of carbonyl (C=O) groups is 3. The summed E-state index contributed by atoms with van der Waals surface area (Å²) in [5.41, 5.74) is 2.00. The number of rotatable bonds is 10. The number of nitrogens with zero attached hydrogens (tertiary/aromatic N) is 3. The van der Waals surface area contributed by atoms with Gasteiger partial charge in [-0.3, -0.25) is 14.2 Å². The first-order valence-electron chi connectivity index (χ1n) is 13.2.